The quantitative estimate of drug-likeness (QED) is 0.697. The van der Waals surface area contributed by atoms with Crippen molar-refractivity contribution in [3.8, 4) is 0 Å². The van der Waals surface area contributed by atoms with Gasteiger partial charge in [-0.1, -0.05) is 55.1 Å². The van der Waals surface area contributed by atoms with Crippen LogP contribution in [0.4, 0.5) is 0 Å². The Balaban J connectivity index is 2.29. The molecule has 0 saturated carbocycles. The molecule has 0 bridgehead atoms. The third-order valence-electron chi connectivity index (χ3n) is 3.28. The summed E-state index contributed by atoms with van der Waals surface area (Å²) in [6, 6.07) is 19.3. The van der Waals surface area contributed by atoms with Gasteiger partial charge in [0.2, 0.25) is 0 Å². The van der Waals surface area contributed by atoms with E-state index in [0.717, 1.165) is 5.75 Å². The molecule has 19 heavy (non-hydrogen) atoms. The molecule has 0 aromatic heterocycles. The summed E-state index contributed by atoms with van der Waals surface area (Å²) in [5, 5.41) is 5.82. The van der Waals surface area contributed by atoms with Gasteiger partial charge >= 0.3 is 0 Å². The SMILES string of the molecule is C=C(N)SCc1c2ccccc2cc2ccccc12. The van der Waals surface area contributed by atoms with Crippen molar-refractivity contribution in [2.75, 3.05) is 0 Å². The van der Waals surface area contributed by atoms with Gasteiger partial charge in [0, 0.05) is 5.75 Å². The first-order valence-corrected chi connectivity index (χ1v) is 7.21. The molecule has 0 aliphatic carbocycles. The van der Waals surface area contributed by atoms with Gasteiger partial charge in [0.1, 0.15) is 0 Å². The summed E-state index contributed by atoms with van der Waals surface area (Å²) in [6.07, 6.45) is 0. The van der Waals surface area contributed by atoms with Crippen LogP contribution in [0.15, 0.2) is 66.2 Å². The Morgan fingerprint density at radius 3 is 2.00 bits per heavy atom. The van der Waals surface area contributed by atoms with Crippen LogP contribution >= 0.6 is 11.8 Å². The Morgan fingerprint density at radius 2 is 1.47 bits per heavy atom. The molecule has 0 saturated heterocycles. The van der Waals surface area contributed by atoms with Crippen molar-refractivity contribution in [2.24, 2.45) is 5.73 Å². The van der Waals surface area contributed by atoms with Crippen molar-refractivity contribution in [1.29, 1.82) is 0 Å². The first kappa shape index (κ1) is 12.1. The maximum absolute atomic E-state index is 5.70. The zero-order valence-corrected chi connectivity index (χ0v) is 11.4. The fourth-order valence-corrected chi connectivity index (χ4v) is 3.07. The minimum absolute atomic E-state index is 0.664. The standard InChI is InChI=1S/C17H15NS/c1-12(18)19-11-17-15-8-4-2-6-13(15)10-14-7-3-5-9-16(14)17/h2-10H,1,11,18H2. The molecule has 2 heteroatoms. The summed E-state index contributed by atoms with van der Waals surface area (Å²) in [5.74, 6) is 0.858. The van der Waals surface area contributed by atoms with Crippen molar-refractivity contribution >= 4 is 33.3 Å². The Labute approximate surface area is 117 Å². The van der Waals surface area contributed by atoms with E-state index in [1.165, 1.54) is 27.1 Å². The monoisotopic (exact) mass is 265 g/mol. The van der Waals surface area contributed by atoms with Gasteiger partial charge in [-0.2, -0.15) is 0 Å². The van der Waals surface area contributed by atoms with Gasteiger partial charge in [0.25, 0.3) is 0 Å². The van der Waals surface area contributed by atoms with Crippen LogP contribution in [-0.2, 0) is 5.75 Å². The lowest BCUT2D eigenvalue weighted by Crippen LogP contribution is -1.92. The molecule has 0 spiro atoms. The fraction of sp³-hybridized carbons (Fsp3) is 0.0588. The molecule has 3 aromatic carbocycles. The Morgan fingerprint density at radius 1 is 0.947 bits per heavy atom. The number of benzene rings is 3. The van der Waals surface area contributed by atoms with E-state index >= 15 is 0 Å². The first-order chi connectivity index (χ1) is 9.25. The number of hydrogen-bond donors (Lipinski definition) is 1. The summed E-state index contributed by atoms with van der Waals surface area (Å²) in [5.41, 5.74) is 7.04. The van der Waals surface area contributed by atoms with Crippen molar-refractivity contribution in [3.05, 3.63) is 71.8 Å². The summed E-state index contributed by atoms with van der Waals surface area (Å²) >= 11 is 1.60. The van der Waals surface area contributed by atoms with E-state index in [2.05, 4.69) is 61.2 Å². The summed E-state index contributed by atoms with van der Waals surface area (Å²) in [4.78, 5) is 0. The van der Waals surface area contributed by atoms with E-state index < -0.39 is 0 Å². The van der Waals surface area contributed by atoms with Gasteiger partial charge in [-0.15, -0.1) is 11.8 Å². The highest BCUT2D eigenvalue weighted by atomic mass is 32.2. The van der Waals surface area contributed by atoms with E-state index in [1.807, 2.05) is 0 Å². The normalized spacial score (nSPS) is 10.9. The van der Waals surface area contributed by atoms with Crippen LogP contribution in [0.1, 0.15) is 5.56 Å². The maximum Gasteiger partial charge on any atom is 0.0585 e. The van der Waals surface area contributed by atoms with Crippen molar-refractivity contribution in [1.82, 2.24) is 0 Å². The second-order valence-corrected chi connectivity index (χ2v) is 5.65. The largest absolute Gasteiger partial charge is 0.394 e. The molecule has 0 atom stereocenters. The third-order valence-corrected chi connectivity index (χ3v) is 4.09. The van der Waals surface area contributed by atoms with Crippen LogP contribution < -0.4 is 5.73 Å². The first-order valence-electron chi connectivity index (χ1n) is 6.22. The van der Waals surface area contributed by atoms with E-state index in [4.69, 9.17) is 5.73 Å². The Bertz CT molecular complexity index is 707. The van der Waals surface area contributed by atoms with Gasteiger partial charge in [0.15, 0.2) is 0 Å². The molecule has 0 aliphatic rings. The lowest BCUT2D eigenvalue weighted by Gasteiger charge is -2.11. The predicted molar refractivity (Wildman–Crippen MR) is 86.1 cm³/mol. The Kier molecular flexibility index (Phi) is 3.18. The van der Waals surface area contributed by atoms with Crippen molar-refractivity contribution in [3.63, 3.8) is 0 Å². The summed E-state index contributed by atoms with van der Waals surface area (Å²) in [7, 11) is 0. The number of rotatable bonds is 3. The zero-order chi connectivity index (χ0) is 13.2. The van der Waals surface area contributed by atoms with Crippen LogP contribution in [0.3, 0.4) is 0 Å². The van der Waals surface area contributed by atoms with E-state index in [0.29, 0.717) is 5.03 Å². The molecule has 0 fully saturated rings. The molecule has 0 radical (unpaired) electrons. The second kappa shape index (κ2) is 4.98. The van der Waals surface area contributed by atoms with Gasteiger partial charge in [-0.3, -0.25) is 0 Å². The molecule has 3 rings (SSSR count). The van der Waals surface area contributed by atoms with Gasteiger partial charge in [-0.05, 0) is 33.2 Å². The lowest BCUT2D eigenvalue weighted by molar-refractivity contribution is 1.49. The summed E-state index contributed by atoms with van der Waals surface area (Å²) < 4.78 is 0. The zero-order valence-electron chi connectivity index (χ0n) is 10.6. The predicted octanol–water partition coefficient (Wildman–Crippen LogP) is 4.66. The number of nitrogens with two attached hydrogens (primary N) is 1. The molecule has 1 nitrogen and oxygen atoms in total. The molecule has 2 N–H and O–H groups in total. The van der Waals surface area contributed by atoms with E-state index in [9.17, 15) is 0 Å². The van der Waals surface area contributed by atoms with Crippen LogP contribution in [0.25, 0.3) is 21.5 Å². The molecular formula is C17H15NS. The highest BCUT2D eigenvalue weighted by molar-refractivity contribution is 8.02. The van der Waals surface area contributed by atoms with Gasteiger partial charge < -0.3 is 5.73 Å². The second-order valence-electron chi connectivity index (χ2n) is 4.55. The molecular weight excluding hydrogens is 250 g/mol. The highest BCUT2D eigenvalue weighted by Gasteiger charge is 2.07. The molecule has 0 heterocycles. The van der Waals surface area contributed by atoms with Crippen LogP contribution in [0.5, 0.6) is 0 Å². The van der Waals surface area contributed by atoms with Gasteiger partial charge in [-0.25, -0.2) is 0 Å². The smallest absolute Gasteiger partial charge is 0.0585 e. The number of thioether (sulfide) groups is 1. The fourth-order valence-electron chi connectivity index (χ4n) is 2.43. The van der Waals surface area contributed by atoms with E-state index in [-0.39, 0.29) is 0 Å². The van der Waals surface area contributed by atoms with Gasteiger partial charge in [0.05, 0.1) is 5.03 Å². The maximum atomic E-state index is 5.70. The Hall–Kier alpha value is -1.93. The average Bonchev–Trinajstić information content (AvgIpc) is 2.43. The molecule has 3 aromatic rings. The number of hydrogen-bond acceptors (Lipinski definition) is 2. The minimum Gasteiger partial charge on any atom is -0.394 e. The molecule has 0 unspecified atom stereocenters. The van der Waals surface area contributed by atoms with Crippen LogP contribution in [0, 0.1) is 0 Å². The molecule has 0 amide bonds. The molecule has 94 valence electrons. The topological polar surface area (TPSA) is 26.0 Å². The van der Waals surface area contributed by atoms with Crippen molar-refractivity contribution < 1.29 is 0 Å². The molecule has 0 aliphatic heterocycles. The minimum atomic E-state index is 0.664. The number of fused-ring (bicyclic) bond motifs is 2. The summed E-state index contributed by atoms with van der Waals surface area (Å²) in [6.45, 7) is 3.77. The lowest BCUT2D eigenvalue weighted by atomic mass is 9.98. The third kappa shape index (κ3) is 2.32. The average molecular weight is 265 g/mol. The highest BCUT2D eigenvalue weighted by Crippen LogP contribution is 2.31. The van der Waals surface area contributed by atoms with Crippen molar-refractivity contribution in [2.45, 2.75) is 5.75 Å². The van der Waals surface area contributed by atoms with E-state index in [1.54, 1.807) is 11.8 Å². The van der Waals surface area contributed by atoms with Crippen LogP contribution in [0.2, 0.25) is 0 Å². The van der Waals surface area contributed by atoms with Crippen LogP contribution in [-0.4, -0.2) is 0 Å².